The van der Waals surface area contributed by atoms with Gasteiger partial charge in [-0.3, -0.25) is 4.79 Å². The largest absolute Gasteiger partial charge is 0.459 e. The standard InChI is InChI=1S/C26H23N3O4S/c1-34(31,32)17-24-27-20-12-6-7-13-21(20)29(24)16-25(30)28-26(18-9-3-2-4-10-18)23-15-19-11-5-8-14-22(19)33-23/h2-15,26H,16-17H2,1H3,(H,28,30). The molecule has 5 aromatic rings. The van der Waals surface area contributed by atoms with Crippen molar-refractivity contribution < 1.29 is 17.6 Å². The van der Waals surface area contributed by atoms with Crippen molar-refractivity contribution in [3.05, 3.63) is 102 Å². The fraction of sp³-hybridized carbons (Fsp3) is 0.154. The molecular formula is C26H23N3O4S. The molecule has 0 saturated heterocycles. The third-order valence-corrected chi connectivity index (χ3v) is 6.38. The van der Waals surface area contributed by atoms with E-state index in [0.29, 0.717) is 22.6 Å². The van der Waals surface area contributed by atoms with E-state index in [2.05, 4.69) is 10.3 Å². The fourth-order valence-electron chi connectivity index (χ4n) is 4.11. The van der Waals surface area contributed by atoms with Crippen LogP contribution in [0.1, 0.15) is 23.2 Å². The van der Waals surface area contributed by atoms with Gasteiger partial charge in [-0.05, 0) is 29.8 Å². The zero-order valence-electron chi connectivity index (χ0n) is 18.5. The Morgan fingerprint density at radius 1 is 1.00 bits per heavy atom. The number of para-hydroxylation sites is 3. The second kappa shape index (κ2) is 8.79. The van der Waals surface area contributed by atoms with E-state index in [1.807, 2.05) is 78.9 Å². The molecule has 1 N–H and O–H groups in total. The van der Waals surface area contributed by atoms with Crippen LogP contribution in [0, 0.1) is 0 Å². The summed E-state index contributed by atoms with van der Waals surface area (Å²) in [7, 11) is -3.34. The van der Waals surface area contributed by atoms with Gasteiger partial charge in [0.25, 0.3) is 0 Å². The van der Waals surface area contributed by atoms with Gasteiger partial charge in [0.2, 0.25) is 5.91 Å². The van der Waals surface area contributed by atoms with E-state index < -0.39 is 15.9 Å². The molecule has 3 aromatic carbocycles. The van der Waals surface area contributed by atoms with Crippen LogP contribution >= 0.6 is 0 Å². The number of hydrogen-bond donors (Lipinski definition) is 1. The molecular weight excluding hydrogens is 450 g/mol. The van der Waals surface area contributed by atoms with Crippen LogP contribution in [0.5, 0.6) is 0 Å². The number of fused-ring (bicyclic) bond motifs is 2. The Kier molecular flexibility index (Phi) is 5.67. The monoisotopic (exact) mass is 473 g/mol. The summed E-state index contributed by atoms with van der Waals surface area (Å²) in [4.78, 5) is 17.8. The number of nitrogens with zero attached hydrogens (tertiary/aromatic N) is 2. The summed E-state index contributed by atoms with van der Waals surface area (Å²) in [5, 5.41) is 4.02. The Hall–Kier alpha value is -3.91. The number of benzene rings is 3. The highest BCUT2D eigenvalue weighted by Gasteiger charge is 2.23. The van der Waals surface area contributed by atoms with Crippen molar-refractivity contribution in [2.45, 2.75) is 18.3 Å². The summed E-state index contributed by atoms with van der Waals surface area (Å²) in [6.07, 6.45) is 1.16. The van der Waals surface area contributed by atoms with Crippen LogP contribution in [0.25, 0.3) is 22.0 Å². The third-order valence-electron chi connectivity index (χ3n) is 5.59. The molecule has 8 heteroatoms. The zero-order valence-corrected chi connectivity index (χ0v) is 19.3. The summed E-state index contributed by atoms with van der Waals surface area (Å²) in [6, 6.07) is 26.0. The van der Waals surface area contributed by atoms with Crippen LogP contribution in [0.3, 0.4) is 0 Å². The normalized spacial score (nSPS) is 12.7. The average molecular weight is 474 g/mol. The lowest BCUT2D eigenvalue weighted by molar-refractivity contribution is -0.122. The van der Waals surface area contributed by atoms with Crippen molar-refractivity contribution in [1.29, 1.82) is 0 Å². The molecule has 172 valence electrons. The maximum absolute atomic E-state index is 13.3. The molecule has 0 bridgehead atoms. The molecule has 0 spiro atoms. The molecule has 0 aliphatic rings. The second-order valence-corrected chi connectivity index (χ2v) is 10.4. The van der Waals surface area contributed by atoms with Crippen molar-refractivity contribution in [3.63, 3.8) is 0 Å². The summed E-state index contributed by atoms with van der Waals surface area (Å²) in [6.45, 7) is -0.0745. The van der Waals surface area contributed by atoms with E-state index in [4.69, 9.17) is 4.42 Å². The number of furan rings is 1. The number of amides is 1. The number of carbonyl (C=O) groups excluding carboxylic acids is 1. The molecule has 2 heterocycles. The van der Waals surface area contributed by atoms with Gasteiger partial charge in [0.15, 0.2) is 9.84 Å². The lowest BCUT2D eigenvalue weighted by atomic mass is 10.0. The van der Waals surface area contributed by atoms with Crippen LogP contribution in [0.15, 0.2) is 89.3 Å². The van der Waals surface area contributed by atoms with Crippen LogP contribution in [-0.2, 0) is 26.9 Å². The lowest BCUT2D eigenvalue weighted by Crippen LogP contribution is -2.32. The third kappa shape index (κ3) is 4.58. The zero-order chi connectivity index (χ0) is 23.7. The van der Waals surface area contributed by atoms with E-state index in [-0.39, 0.29) is 18.2 Å². The van der Waals surface area contributed by atoms with Gasteiger partial charge in [-0.25, -0.2) is 13.4 Å². The Morgan fingerprint density at radius 3 is 2.47 bits per heavy atom. The molecule has 7 nitrogen and oxygen atoms in total. The van der Waals surface area contributed by atoms with E-state index in [1.165, 1.54) is 0 Å². The van der Waals surface area contributed by atoms with Gasteiger partial charge in [-0.15, -0.1) is 0 Å². The highest BCUT2D eigenvalue weighted by Crippen LogP contribution is 2.28. The predicted molar refractivity (Wildman–Crippen MR) is 131 cm³/mol. The summed E-state index contributed by atoms with van der Waals surface area (Å²) < 4.78 is 31.7. The first-order valence-corrected chi connectivity index (χ1v) is 12.9. The maximum Gasteiger partial charge on any atom is 0.240 e. The Balaban J connectivity index is 1.49. The lowest BCUT2D eigenvalue weighted by Gasteiger charge is -2.18. The minimum absolute atomic E-state index is 0.0745. The number of aromatic nitrogens is 2. The quantitative estimate of drug-likeness (QED) is 0.382. The molecule has 2 aromatic heterocycles. The molecule has 5 rings (SSSR count). The number of sulfone groups is 1. The van der Waals surface area contributed by atoms with Gasteiger partial charge in [-0.2, -0.15) is 0 Å². The highest BCUT2D eigenvalue weighted by atomic mass is 32.2. The topological polar surface area (TPSA) is 94.2 Å². The minimum Gasteiger partial charge on any atom is -0.459 e. The first-order chi connectivity index (χ1) is 16.4. The SMILES string of the molecule is CS(=O)(=O)Cc1nc2ccccc2n1CC(=O)NC(c1ccccc1)c1cc2ccccc2o1. The molecule has 0 aliphatic heterocycles. The molecule has 0 saturated carbocycles. The molecule has 0 aliphatic carbocycles. The first kappa shape index (κ1) is 21.9. The minimum atomic E-state index is -3.34. The predicted octanol–water partition coefficient (Wildman–Crippen LogP) is 4.23. The van der Waals surface area contributed by atoms with E-state index >= 15 is 0 Å². The number of hydrogen-bond acceptors (Lipinski definition) is 5. The number of rotatable bonds is 7. The molecule has 1 amide bonds. The smallest absolute Gasteiger partial charge is 0.240 e. The van der Waals surface area contributed by atoms with Gasteiger partial charge in [0.1, 0.15) is 35.5 Å². The molecule has 1 atom stereocenters. The van der Waals surface area contributed by atoms with Crippen molar-refractivity contribution in [2.24, 2.45) is 0 Å². The molecule has 0 radical (unpaired) electrons. The van der Waals surface area contributed by atoms with E-state index in [0.717, 1.165) is 22.8 Å². The summed E-state index contributed by atoms with van der Waals surface area (Å²) in [5.74, 6) is 0.416. The molecule has 34 heavy (non-hydrogen) atoms. The van der Waals surface area contributed by atoms with Gasteiger partial charge >= 0.3 is 0 Å². The second-order valence-electron chi connectivity index (χ2n) is 8.27. The van der Waals surface area contributed by atoms with Gasteiger partial charge in [0, 0.05) is 11.6 Å². The van der Waals surface area contributed by atoms with Crippen molar-refractivity contribution >= 4 is 37.7 Å². The summed E-state index contributed by atoms with van der Waals surface area (Å²) in [5.41, 5.74) is 2.97. The van der Waals surface area contributed by atoms with Crippen molar-refractivity contribution in [1.82, 2.24) is 14.9 Å². The highest BCUT2D eigenvalue weighted by molar-refractivity contribution is 7.89. The maximum atomic E-state index is 13.3. The summed E-state index contributed by atoms with van der Waals surface area (Å²) >= 11 is 0. The Labute approximate surface area is 197 Å². The first-order valence-electron chi connectivity index (χ1n) is 10.8. The fourth-order valence-corrected chi connectivity index (χ4v) is 4.80. The van der Waals surface area contributed by atoms with Crippen LogP contribution < -0.4 is 5.32 Å². The molecule has 0 fully saturated rings. The van der Waals surface area contributed by atoms with Gasteiger partial charge < -0.3 is 14.3 Å². The Bertz CT molecular complexity index is 1550. The van der Waals surface area contributed by atoms with Crippen LogP contribution in [0.4, 0.5) is 0 Å². The van der Waals surface area contributed by atoms with E-state index in [9.17, 15) is 13.2 Å². The van der Waals surface area contributed by atoms with Crippen molar-refractivity contribution in [3.8, 4) is 0 Å². The molecule has 1 unspecified atom stereocenters. The number of carbonyl (C=O) groups is 1. The van der Waals surface area contributed by atoms with Gasteiger partial charge in [-0.1, -0.05) is 60.7 Å². The average Bonchev–Trinajstić information content (AvgIpc) is 3.38. The number of imidazole rings is 1. The number of nitrogens with one attached hydrogen (secondary N) is 1. The van der Waals surface area contributed by atoms with E-state index in [1.54, 1.807) is 10.6 Å². The van der Waals surface area contributed by atoms with Crippen molar-refractivity contribution in [2.75, 3.05) is 6.26 Å². The van der Waals surface area contributed by atoms with Gasteiger partial charge in [0.05, 0.1) is 11.0 Å². The Morgan fingerprint density at radius 2 is 1.71 bits per heavy atom. The van der Waals surface area contributed by atoms with Crippen LogP contribution in [0.2, 0.25) is 0 Å². The van der Waals surface area contributed by atoms with Crippen LogP contribution in [-0.4, -0.2) is 30.1 Å².